The Kier molecular flexibility index (Phi) is 3.64. The number of nitrogens with zero attached hydrogens (tertiary/aromatic N) is 1. The Morgan fingerprint density at radius 3 is 2.38 bits per heavy atom. The zero-order valence-corrected chi connectivity index (χ0v) is 13.7. The van der Waals surface area contributed by atoms with Crippen molar-refractivity contribution in [1.29, 1.82) is 0 Å². The van der Waals surface area contributed by atoms with Crippen LogP contribution >= 0.6 is 11.3 Å². The lowest BCUT2D eigenvalue weighted by atomic mass is 10.1. The summed E-state index contributed by atoms with van der Waals surface area (Å²) < 4.78 is 1.26. The Morgan fingerprint density at radius 1 is 0.857 bits per heavy atom. The van der Waals surface area contributed by atoms with Crippen LogP contribution in [0.25, 0.3) is 22.4 Å². The van der Waals surface area contributed by atoms with Crippen LogP contribution in [0.15, 0.2) is 30.3 Å². The van der Waals surface area contributed by atoms with Crippen molar-refractivity contribution in [3.63, 3.8) is 0 Å². The average molecular weight is 293 g/mol. The molecule has 1 heterocycles. The van der Waals surface area contributed by atoms with Crippen molar-refractivity contribution in [2.24, 2.45) is 0 Å². The van der Waals surface area contributed by atoms with E-state index in [-0.39, 0.29) is 0 Å². The van der Waals surface area contributed by atoms with Crippen LogP contribution in [0.4, 0.5) is 0 Å². The van der Waals surface area contributed by atoms with E-state index < -0.39 is 0 Å². The minimum absolute atomic E-state index is 1.06. The van der Waals surface area contributed by atoms with Crippen molar-refractivity contribution in [3.05, 3.63) is 63.2 Å². The molecule has 106 valence electrons. The van der Waals surface area contributed by atoms with Gasteiger partial charge in [0.15, 0.2) is 0 Å². The molecule has 0 unspecified atom stereocenters. The summed E-state index contributed by atoms with van der Waals surface area (Å²) in [6.07, 6.45) is 4.28. The first-order chi connectivity index (χ1) is 10.0. The lowest BCUT2D eigenvalue weighted by Crippen LogP contribution is -1.81. The van der Waals surface area contributed by atoms with E-state index in [0.717, 1.165) is 10.5 Å². The third-order valence-electron chi connectivity index (χ3n) is 3.85. The van der Waals surface area contributed by atoms with Gasteiger partial charge in [0, 0.05) is 0 Å². The molecule has 0 saturated heterocycles. The number of aromatic nitrogens is 1. The quantitative estimate of drug-likeness (QED) is 0.590. The molecule has 0 bridgehead atoms. The van der Waals surface area contributed by atoms with Crippen molar-refractivity contribution >= 4 is 33.7 Å². The average Bonchev–Trinajstić information content (AvgIpc) is 2.80. The molecule has 0 atom stereocenters. The van der Waals surface area contributed by atoms with Crippen LogP contribution in [0, 0.1) is 27.7 Å². The van der Waals surface area contributed by atoms with Crippen LogP contribution in [0.2, 0.25) is 0 Å². The van der Waals surface area contributed by atoms with Gasteiger partial charge in [0.25, 0.3) is 0 Å². The maximum absolute atomic E-state index is 4.71. The van der Waals surface area contributed by atoms with Gasteiger partial charge >= 0.3 is 0 Å². The largest absolute Gasteiger partial charge is 0.237 e. The normalized spacial score (nSPS) is 11.6. The Hall–Kier alpha value is -1.93. The van der Waals surface area contributed by atoms with Crippen molar-refractivity contribution in [3.8, 4) is 0 Å². The molecular formula is C19H19NS. The summed E-state index contributed by atoms with van der Waals surface area (Å²) in [5.74, 6) is 0. The van der Waals surface area contributed by atoms with Gasteiger partial charge in [-0.1, -0.05) is 29.8 Å². The Balaban J connectivity index is 1.95. The zero-order valence-electron chi connectivity index (χ0n) is 12.9. The smallest absolute Gasteiger partial charge is 0.117 e. The maximum atomic E-state index is 4.71. The highest BCUT2D eigenvalue weighted by atomic mass is 32.1. The Morgan fingerprint density at radius 2 is 1.62 bits per heavy atom. The highest BCUT2D eigenvalue weighted by molar-refractivity contribution is 7.19. The second-order valence-electron chi connectivity index (χ2n) is 5.65. The van der Waals surface area contributed by atoms with Gasteiger partial charge in [0.2, 0.25) is 0 Å². The minimum Gasteiger partial charge on any atom is -0.237 e. The van der Waals surface area contributed by atoms with Gasteiger partial charge in [-0.3, -0.25) is 0 Å². The summed E-state index contributed by atoms with van der Waals surface area (Å²) in [4.78, 5) is 4.71. The first-order valence-electron chi connectivity index (χ1n) is 7.16. The summed E-state index contributed by atoms with van der Waals surface area (Å²) in [5, 5.41) is 1.06. The van der Waals surface area contributed by atoms with E-state index in [2.05, 4.69) is 70.2 Å². The molecule has 21 heavy (non-hydrogen) atoms. The molecule has 0 amide bonds. The third-order valence-corrected chi connectivity index (χ3v) is 4.83. The van der Waals surface area contributed by atoms with Crippen molar-refractivity contribution in [2.45, 2.75) is 27.7 Å². The molecule has 0 spiro atoms. The van der Waals surface area contributed by atoms with Crippen LogP contribution in [-0.4, -0.2) is 4.98 Å². The highest BCUT2D eigenvalue weighted by Gasteiger charge is 2.04. The molecule has 0 saturated carbocycles. The molecule has 0 aliphatic rings. The Labute approximate surface area is 130 Å². The second-order valence-corrected chi connectivity index (χ2v) is 6.71. The van der Waals surface area contributed by atoms with E-state index in [1.807, 2.05) is 0 Å². The van der Waals surface area contributed by atoms with Gasteiger partial charge in [-0.25, -0.2) is 4.98 Å². The highest BCUT2D eigenvalue weighted by Crippen LogP contribution is 2.26. The van der Waals surface area contributed by atoms with E-state index in [4.69, 9.17) is 4.98 Å². The number of thiazole rings is 1. The molecule has 3 aromatic rings. The van der Waals surface area contributed by atoms with Crippen LogP contribution in [0.3, 0.4) is 0 Å². The number of rotatable bonds is 2. The van der Waals surface area contributed by atoms with Gasteiger partial charge < -0.3 is 0 Å². The van der Waals surface area contributed by atoms with E-state index >= 15 is 0 Å². The van der Waals surface area contributed by atoms with Crippen LogP contribution < -0.4 is 0 Å². The monoisotopic (exact) mass is 293 g/mol. The van der Waals surface area contributed by atoms with Crippen molar-refractivity contribution < 1.29 is 0 Å². The standard InChI is InChI=1S/C19H19NS/c1-12-5-6-16(15(4)9-12)7-8-19-20-17-10-13(2)14(3)11-18(17)21-19/h5-11H,1-4H3. The van der Waals surface area contributed by atoms with E-state index in [9.17, 15) is 0 Å². The van der Waals surface area contributed by atoms with E-state index in [1.54, 1.807) is 11.3 Å². The fourth-order valence-corrected chi connectivity index (χ4v) is 3.39. The van der Waals surface area contributed by atoms with Crippen molar-refractivity contribution in [2.75, 3.05) is 0 Å². The molecule has 2 aromatic carbocycles. The maximum Gasteiger partial charge on any atom is 0.117 e. The zero-order chi connectivity index (χ0) is 15.0. The van der Waals surface area contributed by atoms with Gasteiger partial charge in [0.1, 0.15) is 5.01 Å². The molecule has 0 fully saturated rings. The predicted molar refractivity (Wildman–Crippen MR) is 93.9 cm³/mol. The van der Waals surface area contributed by atoms with Gasteiger partial charge in [0.05, 0.1) is 10.2 Å². The SMILES string of the molecule is Cc1ccc(C=Cc2nc3cc(C)c(C)cc3s2)c(C)c1. The summed E-state index contributed by atoms with van der Waals surface area (Å²) in [7, 11) is 0. The minimum atomic E-state index is 1.06. The first-order valence-corrected chi connectivity index (χ1v) is 7.98. The van der Waals surface area contributed by atoms with Crippen LogP contribution in [-0.2, 0) is 0 Å². The lowest BCUT2D eigenvalue weighted by Gasteiger charge is -2.00. The molecule has 0 aliphatic heterocycles. The fourth-order valence-electron chi connectivity index (χ4n) is 2.44. The number of hydrogen-bond acceptors (Lipinski definition) is 2. The predicted octanol–water partition coefficient (Wildman–Crippen LogP) is 5.70. The molecule has 0 aliphatic carbocycles. The van der Waals surface area contributed by atoms with Crippen LogP contribution in [0.5, 0.6) is 0 Å². The molecule has 1 nitrogen and oxygen atoms in total. The van der Waals surface area contributed by atoms with Crippen molar-refractivity contribution in [1.82, 2.24) is 4.98 Å². The number of fused-ring (bicyclic) bond motifs is 1. The summed E-state index contributed by atoms with van der Waals surface area (Å²) in [5.41, 5.74) is 7.60. The first kappa shape index (κ1) is 14.0. The number of benzene rings is 2. The van der Waals surface area contributed by atoms with E-state index in [0.29, 0.717) is 0 Å². The van der Waals surface area contributed by atoms with Gasteiger partial charge in [-0.15, -0.1) is 11.3 Å². The molecular weight excluding hydrogens is 274 g/mol. The fraction of sp³-hybridized carbons (Fsp3) is 0.211. The molecule has 2 heteroatoms. The summed E-state index contributed by atoms with van der Waals surface area (Å²) >= 11 is 1.75. The number of aryl methyl sites for hydroxylation is 4. The second kappa shape index (κ2) is 5.45. The molecule has 0 radical (unpaired) electrons. The number of hydrogen-bond donors (Lipinski definition) is 0. The topological polar surface area (TPSA) is 12.9 Å². The summed E-state index contributed by atoms with van der Waals surface area (Å²) in [6, 6.07) is 10.9. The Bertz CT molecular complexity index is 801. The van der Waals surface area contributed by atoms with E-state index in [1.165, 1.54) is 32.5 Å². The summed E-state index contributed by atoms with van der Waals surface area (Å²) in [6.45, 7) is 8.56. The molecule has 1 aromatic heterocycles. The van der Waals surface area contributed by atoms with Gasteiger partial charge in [-0.05, 0) is 68.2 Å². The molecule has 0 N–H and O–H groups in total. The van der Waals surface area contributed by atoms with Crippen LogP contribution in [0.1, 0.15) is 32.8 Å². The van der Waals surface area contributed by atoms with Gasteiger partial charge in [-0.2, -0.15) is 0 Å². The molecule has 3 rings (SSSR count). The lowest BCUT2D eigenvalue weighted by molar-refractivity contribution is 1.35. The third kappa shape index (κ3) is 2.91.